The van der Waals surface area contributed by atoms with E-state index in [-0.39, 0.29) is 24.3 Å². The molecule has 0 bridgehead atoms. The number of ether oxygens (including phenoxy) is 1. The van der Waals surface area contributed by atoms with Crippen LogP contribution in [0, 0.1) is 12.8 Å². The SMILES string of the molecule is Cc1ccc(OCC(=O)Nc2ccc3c(c2)CCN3C(=O)C2CC2)cc1. The predicted octanol–water partition coefficient (Wildman–Crippen LogP) is 3.31. The number of hydrogen-bond acceptors (Lipinski definition) is 3. The molecule has 0 unspecified atom stereocenters. The van der Waals surface area contributed by atoms with Gasteiger partial charge in [0.15, 0.2) is 6.61 Å². The van der Waals surface area contributed by atoms with Crippen molar-refractivity contribution in [1.29, 1.82) is 0 Å². The van der Waals surface area contributed by atoms with E-state index in [4.69, 9.17) is 4.74 Å². The van der Waals surface area contributed by atoms with Crippen molar-refractivity contribution in [3.05, 3.63) is 53.6 Å². The zero-order valence-corrected chi connectivity index (χ0v) is 14.8. The van der Waals surface area contributed by atoms with Gasteiger partial charge >= 0.3 is 0 Å². The zero-order valence-electron chi connectivity index (χ0n) is 14.8. The molecule has 1 fully saturated rings. The van der Waals surface area contributed by atoms with Crippen molar-refractivity contribution in [3.63, 3.8) is 0 Å². The van der Waals surface area contributed by atoms with Gasteiger partial charge in [-0.15, -0.1) is 0 Å². The Morgan fingerprint density at radius 3 is 2.65 bits per heavy atom. The highest BCUT2D eigenvalue weighted by Gasteiger charge is 2.36. The highest BCUT2D eigenvalue weighted by Crippen LogP contribution is 2.37. The lowest BCUT2D eigenvalue weighted by Gasteiger charge is -2.17. The van der Waals surface area contributed by atoms with E-state index in [1.165, 1.54) is 0 Å². The fourth-order valence-corrected chi connectivity index (χ4v) is 3.24. The first kappa shape index (κ1) is 16.6. The van der Waals surface area contributed by atoms with E-state index < -0.39 is 0 Å². The van der Waals surface area contributed by atoms with Crippen molar-refractivity contribution in [2.45, 2.75) is 26.2 Å². The molecular weight excluding hydrogens is 328 g/mol. The highest BCUT2D eigenvalue weighted by atomic mass is 16.5. The number of anilines is 2. The summed E-state index contributed by atoms with van der Waals surface area (Å²) in [7, 11) is 0. The van der Waals surface area contributed by atoms with Crippen molar-refractivity contribution in [2.75, 3.05) is 23.4 Å². The Hall–Kier alpha value is -2.82. The number of amides is 2. The number of fused-ring (bicyclic) bond motifs is 1. The summed E-state index contributed by atoms with van der Waals surface area (Å²) >= 11 is 0. The van der Waals surface area contributed by atoms with Crippen LogP contribution in [0.15, 0.2) is 42.5 Å². The second kappa shape index (κ2) is 6.83. The number of hydrogen-bond donors (Lipinski definition) is 1. The molecule has 0 atom stereocenters. The normalized spacial score (nSPS) is 15.5. The molecule has 2 aliphatic rings. The first-order valence-electron chi connectivity index (χ1n) is 9.04. The topological polar surface area (TPSA) is 58.6 Å². The Morgan fingerprint density at radius 2 is 1.92 bits per heavy atom. The summed E-state index contributed by atoms with van der Waals surface area (Å²) < 4.78 is 5.50. The Balaban J connectivity index is 1.36. The molecule has 2 aromatic rings. The molecule has 4 rings (SSSR count). The minimum absolute atomic E-state index is 0.0353. The highest BCUT2D eigenvalue weighted by molar-refractivity contribution is 5.99. The van der Waals surface area contributed by atoms with Crippen molar-refractivity contribution >= 4 is 23.2 Å². The van der Waals surface area contributed by atoms with Gasteiger partial charge in [0.2, 0.25) is 5.91 Å². The lowest BCUT2D eigenvalue weighted by Crippen LogP contribution is -2.30. The van der Waals surface area contributed by atoms with Gasteiger partial charge in [-0.2, -0.15) is 0 Å². The first-order chi connectivity index (χ1) is 12.6. The van der Waals surface area contributed by atoms with Gasteiger partial charge in [0, 0.05) is 23.8 Å². The van der Waals surface area contributed by atoms with E-state index in [0.717, 1.165) is 48.3 Å². The van der Waals surface area contributed by atoms with Crippen LogP contribution in [0.3, 0.4) is 0 Å². The van der Waals surface area contributed by atoms with Crippen LogP contribution in [0.1, 0.15) is 24.0 Å². The number of nitrogens with zero attached hydrogens (tertiary/aromatic N) is 1. The third-order valence-corrected chi connectivity index (χ3v) is 4.84. The molecule has 0 radical (unpaired) electrons. The Labute approximate surface area is 153 Å². The van der Waals surface area contributed by atoms with Crippen LogP contribution >= 0.6 is 0 Å². The molecule has 0 saturated heterocycles. The quantitative estimate of drug-likeness (QED) is 0.900. The van der Waals surface area contributed by atoms with Gasteiger partial charge in [-0.1, -0.05) is 17.7 Å². The van der Waals surface area contributed by atoms with Crippen molar-refractivity contribution in [1.82, 2.24) is 0 Å². The van der Waals surface area contributed by atoms with E-state index >= 15 is 0 Å². The van der Waals surface area contributed by atoms with Crippen LogP contribution in [0.2, 0.25) is 0 Å². The maximum Gasteiger partial charge on any atom is 0.262 e. The van der Waals surface area contributed by atoms with E-state index in [0.29, 0.717) is 5.75 Å². The Bertz CT molecular complexity index is 841. The van der Waals surface area contributed by atoms with E-state index in [1.54, 1.807) is 0 Å². The minimum Gasteiger partial charge on any atom is -0.484 e. The van der Waals surface area contributed by atoms with Crippen LogP contribution in [-0.2, 0) is 16.0 Å². The average molecular weight is 350 g/mol. The Kier molecular flexibility index (Phi) is 4.37. The maximum absolute atomic E-state index is 12.3. The summed E-state index contributed by atoms with van der Waals surface area (Å²) in [6, 6.07) is 13.3. The fraction of sp³-hybridized carbons (Fsp3) is 0.333. The average Bonchev–Trinajstić information content (AvgIpc) is 3.40. The van der Waals surface area contributed by atoms with Gasteiger partial charge < -0.3 is 15.0 Å². The maximum atomic E-state index is 12.3. The number of nitrogens with one attached hydrogen (secondary N) is 1. The molecule has 2 amide bonds. The molecule has 5 heteroatoms. The van der Waals surface area contributed by atoms with Crippen LogP contribution in [0.25, 0.3) is 0 Å². The third-order valence-electron chi connectivity index (χ3n) is 4.84. The van der Waals surface area contributed by atoms with Gasteiger partial charge in [-0.3, -0.25) is 9.59 Å². The molecule has 1 heterocycles. The number of carbonyl (C=O) groups is 2. The number of benzene rings is 2. The van der Waals surface area contributed by atoms with E-state index in [1.807, 2.05) is 54.3 Å². The molecule has 0 aromatic heterocycles. The molecule has 134 valence electrons. The summed E-state index contributed by atoms with van der Waals surface area (Å²) in [5.41, 5.74) is 3.98. The number of carbonyl (C=O) groups excluding carboxylic acids is 2. The monoisotopic (exact) mass is 350 g/mol. The number of rotatable bonds is 5. The second-order valence-corrected chi connectivity index (χ2v) is 7.01. The van der Waals surface area contributed by atoms with Crippen LogP contribution < -0.4 is 15.0 Å². The van der Waals surface area contributed by atoms with Gasteiger partial charge in [0.1, 0.15) is 5.75 Å². The zero-order chi connectivity index (χ0) is 18.1. The molecule has 1 aliphatic heterocycles. The summed E-state index contributed by atoms with van der Waals surface area (Å²) in [4.78, 5) is 26.3. The van der Waals surface area contributed by atoms with Crippen molar-refractivity contribution in [2.24, 2.45) is 5.92 Å². The van der Waals surface area contributed by atoms with Gasteiger partial charge in [-0.25, -0.2) is 0 Å². The predicted molar refractivity (Wildman–Crippen MR) is 101 cm³/mol. The molecule has 5 nitrogen and oxygen atoms in total. The smallest absolute Gasteiger partial charge is 0.262 e. The molecule has 2 aromatic carbocycles. The standard InChI is InChI=1S/C21H22N2O3/c1-14-2-7-18(8-3-14)26-13-20(24)22-17-6-9-19-16(12-17)10-11-23(19)21(25)15-4-5-15/h2-3,6-9,12,15H,4-5,10-11,13H2,1H3,(H,22,24). The lowest BCUT2D eigenvalue weighted by molar-refractivity contribution is -0.120. The summed E-state index contributed by atoms with van der Waals surface area (Å²) in [6.07, 6.45) is 2.86. The second-order valence-electron chi connectivity index (χ2n) is 7.01. The lowest BCUT2D eigenvalue weighted by atomic mass is 10.1. The molecule has 1 N–H and O–H groups in total. The van der Waals surface area contributed by atoms with E-state index in [9.17, 15) is 9.59 Å². The summed E-state index contributed by atoms with van der Waals surface area (Å²) in [5, 5.41) is 2.87. The molecular formula is C21H22N2O3. The summed E-state index contributed by atoms with van der Waals surface area (Å²) in [5.74, 6) is 0.939. The first-order valence-corrected chi connectivity index (χ1v) is 9.04. The Morgan fingerprint density at radius 1 is 1.15 bits per heavy atom. The van der Waals surface area contributed by atoms with Gasteiger partial charge in [0.25, 0.3) is 5.91 Å². The molecule has 0 spiro atoms. The van der Waals surface area contributed by atoms with Crippen LogP contribution in [0.5, 0.6) is 5.75 Å². The summed E-state index contributed by atoms with van der Waals surface area (Å²) in [6.45, 7) is 2.70. The molecule has 1 saturated carbocycles. The van der Waals surface area contributed by atoms with Crippen LogP contribution in [-0.4, -0.2) is 25.0 Å². The van der Waals surface area contributed by atoms with Gasteiger partial charge in [0.05, 0.1) is 0 Å². The van der Waals surface area contributed by atoms with Crippen LogP contribution in [0.4, 0.5) is 11.4 Å². The number of aryl methyl sites for hydroxylation is 1. The largest absolute Gasteiger partial charge is 0.484 e. The fourth-order valence-electron chi connectivity index (χ4n) is 3.24. The van der Waals surface area contributed by atoms with Crippen molar-refractivity contribution < 1.29 is 14.3 Å². The van der Waals surface area contributed by atoms with Crippen molar-refractivity contribution in [3.8, 4) is 5.75 Å². The minimum atomic E-state index is -0.200. The third kappa shape index (κ3) is 3.57. The van der Waals surface area contributed by atoms with Gasteiger partial charge in [-0.05, 0) is 62.1 Å². The molecule has 1 aliphatic carbocycles. The molecule has 26 heavy (non-hydrogen) atoms. The van der Waals surface area contributed by atoms with E-state index in [2.05, 4.69) is 5.32 Å².